The number of hydrogen-bond acceptors (Lipinski definition) is 3. The molecule has 0 bridgehead atoms. The van der Waals surface area contributed by atoms with Crippen LogP contribution >= 0.6 is 12.2 Å². The van der Waals surface area contributed by atoms with Gasteiger partial charge in [-0.3, -0.25) is 0 Å². The largest absolute Gasteiger partial charge is 0.393 e. The second-order valence-corrected chi connectivity index (χ2v) is 6.66. The molecule has 0 amide bonds. The fraction of sp³-hybridized carbons (Fsp3) is 0.900. The maximum Gasteiger partial charge on any atom is 0.214 e. The van der Waals surface area contributed by atoms with Gasteiger partial charge < -0.3 is 5.73 Å². The van der Waals surface area contributed by atoms with Crippen LogP contribution in [0, 0.1) is 0 Å². The Kier molecular flexibility index (Phi) is 7.10. The maximum absolute atomic E-state index is 12.0. The maximum atomic E-state index is 12.0. The molecule has 0 saturated carbocycles. The number of unbranched alkanes of at least 4 members (excludes halogenated alkanes) is 1. The Labute approximate surface area is 104 Å². The molecule has 0 rings (SSSR count). The van der Waals surface area contributed by atoms with Crippen molar-refractivity contribution >= 4 is 27.2 Å². The van der Waals surface area contributed by atoms with Crippen molar-refractivity contribution in [1.82, 2.24) is 4.31 Å². The van der Waals surface area contributed by atoms with E-state index in [1.165, 1.54) is 4.31 Å². The van der Waals surface area contributed by atoms with E-state index in [-0.39, 0.29) is 11.8 Å². The summed E-state index contributed by atoms with van der Waals surface area (Å²) >= 11 is 4.77. The molecular weight excluding hydrogens is 244 g/mol. The summed E-state index contributed by atoms with van der Waals surface area (Å²) in [6.45, 7) is 6.09. The Hall–Kier alpha value is -0.200. The van der Waals surface area contributed by atoms with Crippen LogP contribution in [0.4, 0.5) is 0 Å². The van der Waals surface area contributed by atoms with E-state index in [0.717, 1.165) is 6.42 Å². The van der Waals surface area contributed by atoms with E-state index >= 15 is 0 Å². The average Bonchev–Trinajstić information content (AvgIpc) is 2.13. The van der Waals surface area contributed by atoms with Gasteiger partial charge in [0.1, 0.15) is 0 Å². The van der Waals surface area contributed by atoms with Crippen LogP contribution in [0.3, 0.4) is 0 Å². The summed E-state index contributed by atoms with van der Waals surface area (Å²) in [4.78, 5) is 0.358. The molecule has 16 heavy (non-hydrogen) atoms. The van der Waals surface area contributed by atoms with E-state index in [2.05, 4.69) is 0 Å². The highest BCUT2D eigenvalue weighted by Gasteiger charge is 2.23. The van der Waals surface area contributed by atoms with Crippen molar-refractivity contribution in [1.29, 1.82) is 0 Å². The molecule has 0 aliphatic rings. The van der Waals surface area contributed by atoms with Crippen LogP contribution in [0.1, 0.15) is 40.0 Å². The van der Waals surface area contributed by atoms with Gasteiger partial charge in [-0.25, -0.2) is 8.42 Å². The van der Waals surface area contributed by atoms with Crippen molar-refractivity contribution in [3.05, 3.63) is 0 Å². The average molecular weight is 266 g/mol. The molecule has 2 N–H and O–H groups in total. The first kappa shape index (κ1) is 15.8. The fourth-order valence-electron chi connectivity index (χ4n) is 1.38. The third-order valence-corrected chi connectivity index (χ3v) is 4.60. The Bertz CT molecular complexity index is 313. The van der Waals surface area contributed by atoms with Gasteiger partial charge in [0.25, 0.3) is 0 Å². The zero-order valence-electron chi connectivity index (χ0n) is 10.3. The molecule has 0 radical (unpaired) electrons. The lowest BCUT2D eigenvalue weighted by molar-refractivity contribution is 0.361. The zero-order chi connectivity index (χ0) is 12.8. The monoisotopic (exact) mass is 266 g/mol. The summed E-state index contributed by atoms with van der Waals surface area (Å²) in [5.41, 5.74) is 5.39. The molecule has 0 atom stereocenters. The van der Waals surface area contributed by atoms with E-state index in [1.54, 1.807) is 0 Å². The summed E-state index contributed by atoms with van der Waals surface area (Å²) in [5, 5.41) is 0. The number of nitrogens with zero attached hydrogens (tertiary/aromatic N) is 1. The fourth-order valence-corrected chi connectivity index (χ4v) is 3.37. The molecule has 96 valence electrons. The number of rotatable bonds is 8. The van der Waals surface area contributed by atoms with Gasteiger partial charge in [-0.05, 0) is 20.3 Å². The van der Waals surface area contributed by atoms with Crippen LogP contribution in [-0.2, 0) is 10.0 Å². The summed E-state index contributed by atoms with van der Waals surface area (Å²) in [6.07, 6.45) is 2.01. The predicted molar refractivity (Wildman–Crippen MR) is 71.9 cm³/mol. The summed E-state index contributed by atoms with van der Waals surface area (Å²) in [6, 6.07) is -0.0452. The van der Waals surface area contributed by atoms with Gasteiger partial charge in [-0.15, -0.1) is 0 Å². The van der Waals surface area contributed by atoms with Crippen LogP contribution in [0.25, 0.3) is 0 Å². The molecule has 0 heterocycles. The molecule has 4 nitrogen and oxygen atoms in total. The minimum atomic E-state index is -3.16. The molecule has 6 heteroatoms. The lowest BCUT2D eigenvalue weighted by Crippen LogP contribution is -2.40. The highest BCUT2D eigenvalue weighted by Crippen LogP contribution is 2.10. The van der Waals surface area contributed by atoms with Gasteiger partial charge in [0.15, 0.2) is 0 Å². The van der Waals surface area contributed by atoms with Crippen LogP contribution in [0.5, 0.6) is 0 Å². The molecule has 0 aliphatic heterocycles. The van der Waals surface area contributed by atoms with Gasteiger partial charge in [0.2, 0.25) is 10.0 Å². The molecule has 0 aromatic carbocycles. The van der Waals surface area contributed by atoms with Crippen molar-refractivity contribution in [2.45, 2.75) is 46.1 Å². The van der Waals surface area contributed by atoms with Gasteiger partial charge >= 0.3 is 0 Å². The van der Waals surface area contributed by atoms with Gasteiger partial charge in [0.05, 0.1) is 10.7 Å². The quantitative estimate of drug-likeness (QED) is 0.676. The molecular formula is C10H22N2O2S2. The molecule has 0 aliphatic carbocycles. The highest BCUT2D eigenvalue weighted by atomic mass is 32.2. The normalized spacial score (nSPS) is 12.3. The molecule has 0 unspecified atom stereocenters. The third-order valence-electron chi connectivity index (χ3n) is 2.27. The smallest absolute Gasteiger partial charge is 0.214 e. The van der Waals surface area contributed by atoms with Crippen molar-refractivity contribution in [2.75, 3.05) is 12.3 Å². The van der Waals surface area contributed by atoms with E-state index < -0.39 is 10.0 Å². The van der Waals surface area contributed by atoms with Crippen molar-refractivity contribution in [3.63, 3.8) is 0 Å². The molecule has 0 aromatic heterocycles. The van der Waals surface area contributed by atoms with E-state index in [1.807, 2.05) is 20.8 Å². The van der Waals surface area contributed by atoms with Crippen LogP contribution in [0.2, 0.25) is 0 Å². The number of thiocarbonyl (C=S) groups is 1. The van der Waals surface area contributed by atoms with E-state index in [9.17, 15) is 8.42 Å². The van der Waals surface area contributed by atoms with Crippen LogP contribution in [-0.4, -0.2) is 36.1 Å². The minimum absolute atomic E-state index is 0.0452. The number of sulfonamides is 1. The summed E-state index contributed by atoms with van der Waals surface area (Å²) < 4.78 is 25.5. The Morgan fingerprint density at radius 2 is 2.00 bits per heavy atom. The first-order chi connectivity index (χ1) is 7.31. The lowest BCUT2D eigenvalue weighted by atomic mass is 10.3. The van der Waals surface area contributed by atoms with Gasteiger partial charge in [0, 0.05) is 19.0 Å². The first-order valence-corrected chi connectivity index (χ1v) is 7.60. The van der Waals surface area contributed by atoms with Crippen molar-refractivity contribution < 1.29 is 8.42 Å². The summed E-state index contributed by atoms with van der Waals surface area (Å²) in [7, 11) is -3.16. The zero-order valence-corrected chi connectivity index (χ0v) is 11.9. The molecule has 0 fully saturated rings. The Morgan fingerprint density at radius 3 is 2.38 bits per heavy atom. The topological polar surface area (TPSA) is 63.4 Å². The van der Waals surface area contributed by atoms with E-state index in [4.69, 9.17) is 18.0 Å². The van der Waals surface area contributed by atoms with Crippen LogP contribution in [0.15, 0.2) is 0 Å². The van der Waals surface area contributed by atoms with Crippen molar-refractivity contribution in [2.24, 2.45) is 5.73 Å². The molecule has 0 aromatic rings. The Morgan fingerprint density at radius 1 is 1.44 bits per heavy atom. The Balaban J connectivity index is 4.57. The first-order valence-electron chi connectivity index (χ1n) is 5.59. The van der Waals surface area contributed by atoms with E-state index in [0.29, 0.717) is 24.4 Å². The van der Waals surface area contributed by atoms with Crippen LogP contribution < -0.4 is 5.73 Å². The van der Waals surface area contributed by atoms with Gasteiger partial charge in [-0.1, -0.05) is 25.6 Å². The molecule has 0 saturated heterocycles. The highest BCUT2D eigenvalue weighted by molar-refractivity contribution is 7.89. The number of hydrogen-bond donors (Lipinski definition) is 1. The van der Waals surface area contributed by atoms with Gasteiger partial charge in [-0.2, -0.15) is 4.31 Å². The second kappa shape index (κ2) is 7.19. The number of nitrogens with two attached hydrogens (primary N) is 1. The standard InChI is InChI=1S/C10H22N2O2S2/c1-4-5-8-16(13,14)12(9(2)3)7-6-10(11)15/h9H,4-8H2,1-3H3,(H2,11,15). The predicted octanol–water partition coefficient (Wildman–Crippen LogP) is 1.50. The lowest BCUT2D eigenvalue weighted by Gasteiger charge is -2.25. The molecule has 0 spiro atoms. The minimum Gasteiger partial charge on any atom is -0.393 e. The SMILES string of the molecule is CCCCS(=O)(=O)N(CCC(N)=S)C(C)C. The third kappa shape index (κ3) is 5.77. The summed E-state index contributed by atoms with van der Waals surface area (Å²) in [5.74, 6) is 0.207. The van der Waals surface area contributed by atoms with Crippen molar-refractivity contribution in [3.8, 4) is 0 Å². The second-order valence-electron chi connectivity index (χ2n) is 4.09.